The van der Waals surface area contributed by atoms with Crippen molar-refractivity contribution >= 4 is 41.7 Å². The molecule has 2 rings (SSSR count). The van der Waals surface area contributed by atoms with Crippen molar-refractivity contribution in [2.24, 2.45) is 16.8 Å². The molecule has 0 aromatic rings. The molecule has 0 aromatic carbocycles. The summed E-state index contributed by atoms with van der Waals surface area (Å²) in [6, 6.07) is 0.662. The van der Waals surface area contributed by atoms with E-state index < -0.39 is 0 Å². The van der Waals surface area contributed by atoms with Gasteiger partial charge in [0.2, 0.25) is 0 Å². The highest BCUT2D eigenvalue weighted by atomic mass is 127. The summed E-state index contributed by atoms with van der Waals surface area (Å²) in [5.41, 5.74) is 0. The number of hydrogen-bond acceptors (Lipinski definition) is 2. The van der Waals surface area contributed by atoms with Crippen molar-refractivity contribution in [1.82, 2.24) is 10.6 Å². The van der Waals surface area contributed by atoms with Gasteiger partial charge in [-0.15, -0.1) is 24.0 Å². The van der Waals surface area contributed by atoms with E-state index in [-0.39, 0.29) is 24.0 Å². The molecule has 106 valence electrons. The lowest BCUT2D eigenvalue weighted by molar-refractivity contribution is 0.501. The summed E-state index contributed by atoms with van der Waals surface area (Å²) in [5, 5.41) is 6.86. The van der Waals surface area contributed by atoms with Crippen molar-refractivity contribution in [3.8, 4) is 0 Å². The minimum absolute atomic E-state index is 0. The number of rotatable bonds is 4. The SMILES string of the molecule is CCNC(=NCC1CCSCC1)NC1CC1C.I. The second-order valence-corrected chi connectivity index (χ2v) is 6.46. The topological polar surface area (TPSA) is 36.4 Å². The maximum atomic E-state index is 4.74. The van der Waals surface area contributed by atoms with Crippen LogP contribution in [-0.4, -0.2) is 36.6 Å². The third kappa shape index (κ3) is 5.55. The lowest BCUT2D eigenvalue weighted by Gasteiger charge is -2.20. The van der Waals surface area contributed by atoms with Gasteiger partial charge in [0.25, 0.3) is 0 Å². The van der Waals surface area contributed by atoms with Crippen molar-refractivity contribution in [3.05, 3.63) is 0 Å². The van der Waals surface area contributed by atoms with Gasteiger partial charge in [-0.3, -0.25) is 4.99 Å². The summed E-state index contributed by atoms with van der Waals surface area (Å²) >= 11 is 2.08. The quantitative estimate of drug-likeness (QED) is 0.445. The van der Waals surface area contributed by atoms with Gasteiger partial charge in [-0.2, -0.15) is 11.8 Å². The van der Waals surface area contributed by atoms with Crippen LogP contribution in [0.5, 0.6) is 0 Å². The molecule has 3 nitrogen and oxygen atoms in total. The van der Waals surface area contributed by atoms with Gasteiger partial charge in [0, 0.05) is 19.1 Å². The molecule has 5 heteroatoms. The molecule has 2 N–H and O–H groups in total. The zero-order chi connectivity index (χ0) is 12.1. The maximum absolute atomic E-state index is 4.74. The summed E-state index contributed by atoms with van der Waals surface area (Å²) < 4.78 is 0. The van der Waals surface area contributed by atoms with E-state index in [0.717, 1.165) is 30.9 Å². The van der Waals surface area contributed by atoms with E-state index in [1.807, 2.05) is 0 Å². The third-order valence-electron chi connectivity index (χ3n) is 3.62. The van der Waals surface area contributed by atoms with Crippen LogP contribution in [0.4, 0.5) is 0 Å². The highest BCUT2D eigenvalue weighted by molar-refractivity contribution is 14.0. The van der Waals surface area contributed by atoms with Gasteiger partial charge < -0.3 is 10.6 Å². The second kappa shape index (κ2) is 8.51. The van der Waals surface area contributed by atoms with Gasteiger partial charge in [0.1, 0.15) is 0 Å². The van der Waals surface area contributed by atoms with Crippen molar-refractivity contribution in [2.45, 2.75) is 39.2 Å². The lowest BCUT2D eigenvalue weighted by atomic mass is 10.0. The average molecular weight is 383 g/mol. The number of halogens is 1. The molecule has 1 saturated carbocycles. The standard InChI is InChI=1S/C13H25N3S.HI/c1-3-14-13(16-12-8-10(12)2)15-9-11-4-6-17-7-5-11;/h10-12H,3-9H2,1-2H3,(H2,14,15,16);1H. The van der Waals surface area contributed by atoms with Gasteiger partial charge in [0.05, 0.1) is 0 Å². The Kier molecular flexibility index (Phi) is 7.75. The van der Waals surface area contributed by atoms with E-state index in [4.69, 9.17) is 4.99 Å². The molecule has 0 radical (unpaired) electrons. The van der Waals surface area contributed by atoms with Gasteiger partial charge in [-0.1, -0.05) is 6.92 Å². The lowest BCUT2D eigenvalue weighted by Crippen LogP contribution is -2.39. The number of hydrogen-bond donors (Lipinski definition) is 2. The summed E-state index contributed by atoms with van der Waals surface area (Å²) in [6.45, 7) is 6.37. The molecule has 2 fully saturated rings. The van der Waals surface area contributed by atoms with Crippen LogP contribution in [0.15, 0.2) is 4.99 Å². The highest BCUT2D eigenvalue weighted by Gasteiger charge is 2.33. The predicted molar refractivity (Wildman–Crippen MR) is 92.1 cm³/mol. The van der Waals surface area contributed by atoms with Gasteiger partial charge in [-0.05, 0) is 49.5 Å². The van der Waals surface area contributed by atoms with Crippen molar-refractivity contribution in [1.29, 1.82) is 0 Å². The van der Waals surface area contributed by atoms with Crippen molar-refractivity contribution < 1.29 is 0 Å². The predicted octanol–water partition coefficient (Wildman–Crippen LogP) is 2.71. The van der Waals surface area contributed by atoms with Crippen molar-refractivity contribution in [3.63, 3.8) is 0 Å². The first-order valence-electron chi connectivity index (χ1n) is 6.92. The molecular formula is C13H26IN3S. The minimum atomic E-state index is 0. The molecule has 0 amide bonds. The Morgan fingerprint density at radius 3 is 2.56 bits per heavy atom. The molecule has 0 spiro atoms. The monoisotopic (exact) mass is 383 g/mol. The Bertz CT molecular complexity index is 267. The summed E-state index contributed by atoms with van der Waals surface area (Å²) in [5.74, 6) is 5.31. The molecule has 1 heterocycles. The molecule has 18 heavy (non-hydrogen) atoms. The third-order valence-corrected chi connectivity index (χ3v) is 4.67. The van der Waals surface area contributed by atoms with Crippen LogP contribution >= 0.6 is 35.7 Å². The van der Waals surface area contributed by atoms with E-state index >= 15 is 0 Å². The molecule has 1 aliphatic heterocycles. The Hall–Kier alpha value is 0.350. The Balaban J connectivity index is 0.00000162. The number of guanidine groups is 1. The molecule has 0 aromatic heterocycles. The van der Waals surface area contributed by atoms with E-state index in [2.05, 4.69) is 36.2 Å². The minimum Gasteiger partial charge on any atom is -0.357 e. The first-order valence-corrected chi connectivity index (χ1v) is 8.07. The summed E-state index contributed by atoms with van der Waals surface area (Å²) in [7, 11) is 0. The van der Waals surface area contributed by atoms with Crippen LogP contribution in [0.25, 0.3) is 0 Å². The largest absolute Gasteiger partial charge is 0.357 e. The molecule has 2 atom stereocenters. The molecule has 2 unspecified atom stereocenters. The summed E-state index contributed by atoms with van der Waals surface area (Å²) in [6.07, 6.45) is 3.98. The fourth-order valence-corrected chi connectivity index (χ4v) is 3.37. The van der Waals surface area contributed by atoms with Gasteiger partial charge in [-0.25, -0.2) is 0 Å². The normalized spacial score (nSPS) is 28.4. The molecule has 0 bridgehead atoms. The fourth-order valence-electron chi connectivity index (χ4n) is 2.17. The van der Waals surface area contributed by atoms with Crippen LogP contribution in [0, 0.1) is 11.8 Å². The number of nitrogens with zero attached hydrogens (tertiary/aromatic N) is 1. The Morgan fingerprint density at radius 2 is 2.00 bits per heavy atom. The molecule has 1 aliphatic carbocycles. The van der Waals surface area contributed by atoms with Crippen LogP contribution in [-0.2, 0) is 0 Å². The summed E-state index contributed by atoms with van der Waals surface area (Å²) in [4.78, 5) is 4.74. The zero-order valence-corrected chi connectivity index (χ0v) is 14.6. The van der Waals surface area contributed by atoms with Gasteiger partial charge in [0.15, 0.2) is 5.96 Å². The molecule has 2 aliphatic rings. The molecular weight excluding hydrogens is 357 g/mol. The number of thioether (sulfide) groups is 1. The maximum Gasteiger partial charge on any atom is 0.191 e. The van der Waals surface area contributed by atoms with Crippen LogP contribution < -0.4 is 10.6 Å². The Morgan fingerprint density at radius 1 is 1.33 bits per heavy atom. The first-order chi connectivity index (χ1) is 8.29. The number of nitrogens with one attached hydrogen (secondary N) is 2. The molecule has 1 saturated heterocycles. The van der Waals surface area contributed by atoms with Crippen molar-refractivity contribution in [2.75, 3.05) is 24.6 Å². The number of aliphatic imine (C=N–C) groups is 1. The van der Waals surface area contributed by atoms with Crippen LogP contribution in [0.3, 0.4) is 0 Å². The first kappa shape index (κ1) is 16.4. The van der Waals surface area contributed by atoms with E-state index in [1.165, 1.54) is 30.8 Å². The van der Waals surface area contributed by atoms with Crippen LogP contribution in [0.2, 0.25) is 0 Å². The van der Waals surface area contributed by atoms with Gasteiger partial charge >= 0.3 is 0 Å². The second-order valence-electron chi connectivity index (χ2n) is 5.24. The van der Waals surface area contributed by atoms with Crippen LogP contribution in [0.1, 0.15) is 33.1 Å². The Labute approximate surface area is 132 Å². The smallest absolute Gasteiger partial charge is 0.191 e. The fraction of sp³-hybridized carbons (Fsp3) is 0.923. The average Bonchev–Trinajstić information content (AvgIpc) is 3.04. The van der Waals surface area contributed by atoms with E-state index in [9.17, 15) is 0 Å². The zero-order valence-electron chi connectivity index (χ0n) is 11.4. The highest BCUT2D eigenvalue weighted by Crippen LogP contribution is 2.28. The van der Waals surface area contributed by atoms with E-state index in [0.29, 0.717) is 6.04 Å². The van der Waals surface area contributed by atoms with E-state index in [1.54, 1.807) is 0 Å².